The van der Waals surface area contributed by atoms with Gasteiger partial charge >= 0.3 is 0 Å². The molecule has 0 heterocycles. The molecule has 0 saturated carbocycles. The Morgan fingerprint density at radius 1 is 0.346 bits per heavy atom. The summed E-state index contributed by atoms with van der Waals surface area (Å²) in [4.78, 5) is 0. The van der Waals surface area contributed by atoms with Gasteiger partial charge in [-0.05, 0) is 55.9 Å². The van der Waals surface area contributed by atoms with Crippen LogP contribution in [0.2, 0.25) is 0 Å². The fourth-order valence-electron chi connectivity index (χ4n) is 3.79. The van der Waals surface area contributed by atoms with Crippen LogP contribution in [-0.4, -0.2) is 0 Å². The smallest absolute Gasteiger partial charge is 0.00266 e. The third-order valence-corrected chi connectivity index (χ3v) is 5.03. The van der Waals surface area contributed by atoms with Gasteiger partial charge in [-0.1, -0.05) is 97.1 Å². The SMILES string of the molecule is c1ccc(-c2ccc3cc4ccccc4c(-c4ccccc4)c3c2)cc1. The molecule has 5 aromatic rings. The van der Waals surface area contributed by atoms with E-state index in [0.717, 1.165) is 0 Å². The third kappa shape index (κ3) is 2.48. The monoisotopic (exact) mass is 330 g/mol. The molecule has 0 fully saturated rings. The molecule has 0 spiro atoms. The average Bonchev–Trinajstić information content (AvgIpc) is 2.73. The van der Waals surface area contributed by atoms with E-state index in [2.05, 4.69) is 109 Å². The minimum Gasteiger partial charge on any atom is -0.0622 e. The second-order valence-corrected chi connectivity index (χ2v) is 6.64. The van der Waals surface area contributed by atoms with E-state index in [9.17, 15) is 0 Å². The second-order valence-electron chi connectivity index (χ2n) is 6.64. The first-order valence-electron chi connectivity index (χ1n) is 8.96. The number of hydrogen-bond acceptors (Lipinski definition) is 0. The second kappa shape index (κ2) is 6.16. The molecule has 0 aliphatic rings. The minimum absolute atomic E-state index is 1.25. The molecule has 0 aromatic heterocycles. The Morgan fingerprint density at radius 3 is 1.73 bits per heavy atom. The first-order valence-corrected chi connectivity index (χ1v) is 8.96. The molecule has 26 heavy (non-hydrogen) atoms. The van der Waals surface area contributed by atoms with Crippen LogP contribution in [0.5, 0.6) is 0 Å². The molecule has 0 radical (unpaired) electrons. The van der Waals surface area contributed by atoms with Crippen LogP contribution in [0.3, 0.4) is 0 Å². The van der Waals surface area contributed by atoms with Gasteiger partial charge in [0.2, 0.25) is 0 Å². The van der Waals surface area contributed by atoms with Gasteiger partial charge in [0.05, 0.1) is 0 Å². The van der Waals surface area contributed by atoms with Crippen LogP contribution in [0.25, 0.3) is 43.8 Å². The molecule has 0 unspecified atom stereocenters. The Labute approximate surface area is 153 Å². The van der Waals surface area contributed by atoms with Crippen molar-refractivity contribution < 1.29 is 0 Å². The van der Waals surface area contributed by atoms with Crippen LogP contribution in [0.4, 0.5) is 0 Å². The maximum Gasteiger partial charge on any atom is -0.00266 e. The van der Waals surface area contributed by atoms with E-state index in [1.807, 2.05) is 0 Å². The molecule has 0 N–H and O–H groups in total. The largest absolute Gasteiger partial charge is 0.0622 e. The van der Waals surface area contributed by atoms with E-state index in [1.165, 1.54) is 43.8 Å². The van der Waals surface area contributed by atoms with Gasteiger partial charge in [0, 0.05) is 0 Å². The lowest BCUT2D eigenvalue weighted by molar-refractivity contribution is 1.64. The highest BCUT2D eigenvalue weighted by molar-refractivity contribution is 6.13. The Balaban J connectivity index is 1.89. The molecular formula is C26H18. The highest BCUT2D eigenvalue weighted by Gasteiger charge is 2.10. The van der Waals surface area contributed by atoms with Gasteiger partial charge in [0.15, 0.2) is 0 Å². The molecule has 0 amide bonds. The van der Waals surface area contributed by atoms with Crippen molar-refractivity contribution in [1.82, 2.24) is 0 Å². The fraction of sp³-hybridized carbons (Fsp3) is 0. The Kier molecular flexibility index (Phi) is 3.54. The number of rotatable bonds is 2. The lowest BCUT2D eigenvalue weighted by Crippen LogP contribution is -1.87. The van der Waals surface area contributed by atoms with Gasteiger partial charge in [-0.25, -0.2) is 0 Å². The van der Waals surface area contributed by atoms with Gasteiger partial charge in [0.1, 0.15) is 0 Å². The fourth-order valence-corrected chi connectivity index (χ4v) is 3.79. The normalized spacial score (nSPS) is 11.1. The molecule has 0 heteroatoms. The summed E-state index contributed by atoms with van der Waals surface area (Å²) in [6.45, 7) is 0. The summed E-state index contributed by atoms with van der Waals surface area (Å²) in [7, 11) is 0. The zero-order chi connectivity index (χ0) is 17.3. The standard InChI is InChI=1S/C26H18/c1-3-9-19(10-4-1)21-15-16-23-17-22-13-7-8-14-24(22)26(25(23)18-21)20-11-5-2-6-12-20/h1-18H. The van der Waals surface area contributed by atoms with Crippen LogP contribution in [0, 0.1) is 0 Å². The van der Waals surface area contributed by atoms with E-state index < -0.39 is 0 Å². The van der Waals surface area contributed by atoms with Gasteiger partial charge in [0.25, 0.3) is 0 Å². The number of benzene rings is 5. The van der Waals surface area contributed by atoms with Crippen molar-refractivity contribution in [3.8, 4) is 22.3 Å². The highest BCUT2D eigenvalue weighted by atomic mass is 14.1. The zero-order valence-electron chi connectivity index (χ0n) is 14.4. The van der Waals surface area contributed by atoms with Crippen LogP contribution in [0.15, 0.2) is 109 Å². The van der Waals surface area contributed by atoms with Crippen LogP contribution >= 0.6 is 0 Å². The predicted octanol–water partition coefficient (Wildman–Crippen LogP) is 7.33. The van der Waals surface area contributed by atoms with Crippen molar-refractivity contribution in [2.24, 2.45) is 0 Å². The number of hydrogen-bond donors (Lipinski definition) is 0. The van der Waals surface area contributed by atoms with Crippen molar-refractivity contribution >= 4 is 21.5 Å². The van der Waals surface area contributed by atoms with Crippen LogP contribution in [-0.2, 0) is 0 Å². The molecule has 122 valence electrons. The summed E-state index contributed by atoms with van der Waals surface area (Å²) < 4.78 is 0. The van der Waals surface area contributed by atoms with E-state index in [0.29, 0.717) is 0 Å². The van der Waals surface area contributed by atoms with Crippen molar-refractivity contribution in [1.29, 1.82) is 0 Å². The average molecular weight is 330 g/mol. The topological polar surface area (TPSA) is 0 Å². The molecule has 0 atom stereocenters. The third-order valence-electron chi connectivity index (χ3n) is 5.03. The lowest BCUT2D eigenvalue weighted by atomic mass is 9.90. The van der Waals surface area contributed by atoms with E-state index in [-0.39, 0.29) is 0 Å². The van der Waals surface area contributed by atoms with Crippen molar-refractivity contribution in [2.45, 2.75) is 0 Å². The van der Waals surface area contributed by atoms with Crippen molar-refractivity contribution in [3.63, 3.8) is 0 Å². The summed E-state index contributed by atoms with van der Waals surface area (Å²) in [5.41, 5.74) is 5.09. The maximum atomic E-state index is 2.33. The predicted molar refractivity (Wildman–Crippen MR) is 112 cm³/mol. The minimum atomic E-state index is 1.25. The van der Waals surface area contributed by atoms with Crippen LogP contribution < -0.4 is 0 Å². The van der Waals surface area contributed by atoms with Crippen LogP contribution in [0.1, 0.15) is 0 Å². The van der Waals surface area contributed by atoms with Gasteiger partial charge in [-0.3, -0.25) is 0 Å². The van der Waals surface area contributed by atoms with E-state index >= 15 is 0 Å². The summed E-state index contributed by atoms with van der Waals surface area (Å²) in [6, 6.07) is 39.1. The summed E-state index contributed by atoms with van der Waals surface area (Å²) in [5, 5.41) is 5.17. The van der Waals surface area contributed by atoms with Crippen molar-refractivity contribution in [2.75, 3.05) is 0 Å². The molecule has 0 bridgehead atoms. The molecule has 0 aliphatic heterocycles. The molecule has 0 saturated heterocycles. The lowest BCUT2D eigenvalue weighted by Gasteiger charge is -2.13. The Morgan fingerprint density at radius 2 is 0.962 bits per heavy atom. The first kappa shape index (κ1) is 14.9. The summed E-state index contributed by atoms with van der Waals surface area (Å²) in [5.74, 6) is 0. The molecule has 5 rings (SSSR count). The molecular weight excluding hydrogens is 312 g/mol. The van der Waals surface area contributed by atoms with Gasteiger partial charge in [-0.15, -0.1) is 0 Å². The van der Waals surface area contributed by atoms with Crippen molar-refractivity contribution in [3.05, 3.63) is 109 Å². The summed E-state index contributed by atoms with van der Waals surface area (Å²) >= 11 is 0. The van der Waals surface area contributed by atoms with Gasteiger partial charge in [-0.2, -0.15) is 0 Å². The maximum absolute atomic E-state index is 2.33. The van der Waals surface area contributed by atoms with Gasteiger partial charge < -0.3 is 0 Å². The van der Waals surface area contributed by atoms with E-state index in [4.69, 9.17) is 0 Å². The van der Waals surface area contributed by atoms with E-state index in [1.54, 1.807) is 0 Å². The Hall–Kier alpha value is -3.38. The molecule has 0 nitrogen and oxygen atoms in total. The molecule has 0 aliphatic carbocycles. The number of fused-ring (bicyclic) bond motifs is 2. The zero-order valence-corrected chi connectivity index (χ0v) is 14.4. The highest BCUT2D eigenvalue weighted by Crippen LogP contribution is 2.38. The summed E-state index contributed by atoms with van der Waals surface area (Å²) in [6.07, 6.45) is 0. The molecule has 5 aromatic carbocycles. The quantitative estimate of drug-likeness (QED) is 0.297. The Bertz CT molecular complexity index is 1200. The first-order chi connectivity index (χ1) is 12.9.